The lowest BCUT2D eigenvalue weighted by molar-refractivity contribution is 0.345. The van der Waals surface area contributed by atoms with Gasteiger partial charge in [0, 0.05) is 6.54 Å². The zero-order valence-corrected chi connectivity index (χ0v) is 11.6. The molecule has 1 aromatic heterocycles. The number of benzene rings is 1. The van der Waals surface area contributed by atoms with E-state index in [0.29, 0.717) is 11.8 Å². The fourth-order valence-corrected chi connectivity index (χ4v) is 2.46. The van der Waals surface area contributed by atoms with Crippen LogP contribution in [0.3, 0.4) is 0 Å². The van der Waals surface area contributed by atoms with E-state index in [2.05, 4.69) is 10.4 Å². The summed E-state index contributed by atoms with van der Waals surface area (Å²) in [6, 6.07) is 8.03. The van der Waals surface area contributed by atoms with Gasteiger partial charge in [0.15, 0.2) is 17.2 Å². The topological polar surface area (TPSA) is 48.3 Å². The number of para-hydroxylation sites is 2. The second kappa shape index (κ2) is 5.96. The summed E-state index contributed by atoms with van der Waals surface area (Å²) in [5, 5.41) is 7.79. The highest BCUT2D eigenvalue weighted by atomic mass is 16.5. The molecule has 1 unspecified atom stereocenters. The first kappa shape index (κ1) is 13.0. The summed E-state index contributed by atoms with van der Waals surface area (Å²) in [4.78, 5) is 0. The fourth-order valence-electron chi connectivity index (χ4n) is 2.46. The number of piperidine rings is 1. The second-order valence-corrected chi connectivity index (χ2v) is 4.91. The minimum atomic E-state index is 0.416. The zero-order valence-electron chi connectivity index (χ0n) is 11.6. The predicted octanol–water partition coefficient (Wildman–Crippen LogP) is 2.61. The highest BCUT2D eigenvalue weighted by Gasteiger charge is 2.16. The molecule has 1 saturated heterocycles. The summed E-state index contributed by atoms with van der Waals surface area (Å²) in [5.41, 5.74) is 0. The van der Waals surface area contributed by atoms with Crippen molar-refractivity contribution in [2.24, 2.45) is 0 Å². The maximum Gasteiger partial charge on any atom is 0.169 e. The van der Waals surface area contributed by atoms with Crippen LogP contribution in [0.2, 0.25) is 0 Å². The normalized spacial score (nSPS) is 18.8. The van der Waals surface area contributed by atoms with Gasteiger partial charge in [-0.15, -0.1) is 0 Å². The van der Waals surface area contributed by atoms with Crippen LogP contribution in [0.5, 0.6) is 17.2 Å². The Morgan fingerprint density at radius 2 is 2.15 bits per heavy atom. The molecule has 0 radical (unpaired) electrons. The Morgan fingerprint density at radius 1 is 1.30 bits per heavy atom. The summed E-state index contributed by atoms with van der Waals surface area (Å²) in [5.74, 6) is 2.16. The van der Waals surface area contributed by atoms with E-state index in [1.807, 2.05) is 35.1 Å². The molecule has 0 saturated carbocycles. The summed E-state index contributed by atoms with van der Waals surface area (Å²) in [6.45, 7) is 2.07. The van der Waals surface area contributed by atoms with Crippen LogP contribution < -0.4 is 14.8 Å². The first-order valence-corrected chi connectivity index (χ1v) is 6.92. The third-order valence-corrected chi connectivity index (χ3v) is 3.52. The first-order chi connectivity index (χ1) is 9.86. The van der Waals surface area contributed by atoms with Gasteiger partial charge in [-0.1, -0.05) is 12.1 Å². The molecule has 5 heteroatoms. The molecule has 0 bridgehead atoms. The van der Waals surface area contributed by atoms with Crippen molar-refractivity contribution in [1.82, 2.24) is 15.1 Å². The first-order valence-electron chi connectivity index (χ1n) is 6.92. The molecule has 1 aromatic carbocycles. The molecule has 1 N–H and O–H groups in total. The van der Waals surface area contributed by atoms with Gasteiger partial charge in [-0.3, -0.25) is 4.68 Å². The lowest BCUT2D eigenvalue weighted by Gasteiger charge is -2.22. The molecule has 1 aliphatic rings. The van der Waals surface area contributed by atoms with Crippen molar-refractivity contribution in [2.45, 2.75) is 18.9 Å². The second-order valence-electron chi connectivity index (χ2n) is 4.91. The molecule has 0 amide bonds. The Balaban J connectivity index is 1.73. The molecule has 2 aromatic rings. The highest BCUT2D eigenvalue weighted by Crippen LogP contribution is 2.31. The monoisotopic (exact) mass is 273 g/mol. The van der Waals surface area contributed by atoms with Crippen LogP contribution in [0.4, 0.5) is 0 Å². The van der Waals surface area contributed by atoms with E-state index < -0.39 is 0 Å². The molecule has 1 atom stereocenters. The van der Waals surface area contributed by atoms with E-state index in [-0.39, 0.29) is 0 Å². The van der Waals surface area contributed by atoms with E-state index in [1.54, 1.807) is 13.3 Å². The molecule has 0 aliphatic carbocycles. The zero-order chi connectivity index (χ0) is 13.8. The largest absolute Gasteiger partial charge is 0.493 e. The third kappa shape index (κ3) is 2.77. The SMILES string of the molecule is COc1ccccc1Oc1cnn(C2CCCNC2)c1. The van der Waals surface area contributed by atoms with Crippen LogP contribution in [0.25, 0.3) is 0 Å². The highest BCUT2D eigenvalue weighted by molar-refractivity contribution is 5.41. The van der Waals surface area contributed by atoms with E-state index in [0.717, 1.165) is 31.0 Å². The molecular weight excluding hydrogens is 254 g/mol. The van der Waals surface area contributed by atoms with Crippen molar-refractivity contribution >= 4 is 0 Å². The molecule has 1 fully saturated rings. The molecule has 5 nitrogen and oxygen atoms in total. The van der Waals surface area contributed by atoms with E-state index in [1.165, 1.54) is 6.42 Å². The Hall–Kier alpha value is -2.01. The Bertz CT molecular complexity index is 562. The van der Waals surface area contributed by atoms with Gasteiger partial charge in [-0.2, -0.15) is 5.10 Å². The van der Waals surface area contributed by atoms with Gasteiger partial charge in [-0.05, 0) is 31.5 Å². The van der Waals surface area contributed by atoms with Gasteiger partial charge in [0.05, 0.1) is 25.5 Å². The van der Waals surface area contributed by atoms with Gasteiger partial charge in [-0.25, -0.2) is 0 Å². The van der Waals surface area contributed by atoms with Crippen molar-refractivity contribution in [2.75, 3.05) is 20.2 Å². The summed E-state index contributed by atoms with van der Waals surface area (Å²) >= 11 is 0. The molecule has 3 rings (SSSR count). The lowest BCUT2D eigenvalue weighted by atomic mass is 10.1. The standard InChI is InChI=1S/C15H19N3O2/c1-19-14-6-2-3-7-15(14)20-13-10-17-18(11-13)12-5-4-8-16-9-12/h2-3,6-7,10-12,16H,4-5,8-9H2,1H3. The van der Waals surface area contributed by atoms with Crippen LogP contribution in [0.1, 0.15) is 18.9 Å². The maximum atomic E-state index is 5.84. The molecule has 2 heterocycles. The predicted molar refractivity (Wildman–Crippen MR) is 76.4 cm³/mol. The minimum absolute atomic E-state index is 0.416. The van der Waals surface area contributed by atoms with Gasteiger partial charge in [0.2, 0.25) is 0 Å². The quantitative estimate of drug-likeness (QED) is 0.930. The Labute approximate surface area is 118 Å². The number of nitrogens with zero attached hydrogens (tertiary/aromatic N) is 2. The summed E-state index contributed by atoms with van der Waals surface area (Å²) < 4.78 is 13.1. The third-order valence-electron chi connectivity index (χ3n) is 3.52. The van der Waals surface area contributed by atoms with Gasteiger partial charge in [0.1, 0.15) is 0 Å². The summed E-state index contributed by atoms with van der Waals surface area (Å²) in [6.07, 6.45) is 6.04. The lowest BCUT2D eigenvalue weighted by Crippen LogP contribution is -2.31. The Morgan fingerprint density at radius 3 is 2.90 bits per heavy atom. The maximum absolute atomic E-state index is 5.84. The van der Waals surface area contributed by atoms with Crippen LogP contribution >= 0.6 is 0 Å². The number of rotatable bonds is 4. The van der Waals surface area contributed by atoms with Gasteiger partial charge >= 0.3 is 0 Å². The average molecular weight is 273 g/mol. The van der Waals surface area contributed by atoms with E-state index in [4.69, 9.17) is 9.47 Å². The molecular formula is C15H19N3O2. The molecule has 1 aliphatic heterocycles. The minimum Gasteiger partial charge on any atom is -0.493 e. The van der Waals surface area contributed by atoms with Crippen LogP contribution in [-0.2, 0) is 0 Å². The number of hydrogen-bond donors (Lipinski definition) is 1. The Kier molecular flexibility index (Phi) is 3.87. The van der Waals surface area contributed by atoms with Crippen molar-refractivity contribution in [3.8, 4) is 17.2 Å². The number of methoxy groups -OCH3 is 1. The molecule has 0 spiro atoms. The summed E-state index contributed by atoms with van der Waals surface area (Å²) in [7, 11) is 1.64. The molecule has 106 valence electrons. The average Bonchev–Trinajstić information content (AvgIpc) is 2.97. The van der Waals surface area contributed by atoms with Crippen molar-refractivity contribution in [1.29, 1.82) is 0 Å². The van der Waals surface area contributed by atoms with Gasteiger partial charge < -0.3 is 14.8 Å². The number of hydrogen-bond acceptors (Lipinski definition) is 4. The number of nitrogens with one attached hydrogen (secondary N) is 1. The van der Waals surface area contributed by atoms with Crippen LogP contribution in [-0.4, -0.2) is 30.0 Å². The fraction of sp³-hybridized carbons (Fsp3) is 0.400. The van der Waals surface area contributed by atoms with Crippen LogP contribution in [0.15, 0.2) is 36.7 Å². The number of aromatic nitrogens is 2. The van der Waals surface area contributed by atoms with Crippen molar-refractivity contribution in [3.63, 3.8) is 0 Å². The molecule has 20 heavy (non-hydrogen) atoms. The van der Waals surface area contributed by atoms with E-state index >= 15 is 0 Å². The van der Waals surface area contributed by atoms with E-state index in [9.17, 15) is 0 Å². The van der Waals surface area contributed by atoms with Crippen LogP contribution in [0, 0.1) is 0 Å². The van der Waals surface area contributed by atoms with Crippen molar-refractivity contribution < 1.29 is 9.47 Å². The van der Waals surface area contributed by atoms with Gasteiger partial charge in [0.25, 0.3) is 0 Å². The smallest absolute Gasteiger partial charge is 0.169 e. The van der Waals surface area contributed by atoms with Crippen molar-refractivity contribution in [3.05, 3.63) is 36.7 Å². The number of ether oxygens (including phenoxy) is 2.